The summed E-state index contributed by atoms with van der Waals surface area (Å²) < 4.78 is 0. The van der Waals surface area contributed by atoms with Crippen molar-refractivity contribution >= 4 is 17.6 Å². The molecule has 0 aromatic rings. The Balaban J connectivity index is 2.67. The number of hydrogen-bond donors (Lipinski definition) is 0. The molecule has 0 bridgehead atoms. The molecule has 1 fully saturated rings. The van der Waals surface area contributed by atoms with Gasteiger partial charge in [-0.2, -0.15) is 0 Å². The Morgan fingerprint density at radius 3 is 2.53 bits per heavy atom. The van der Waals surface area contributed by atoms with Gasteiger partial charge in [-0.15, -0.1) is 0 Å². The van der Waals surface area contributed by atoms with Crippen molar-refractivity contribution < 1.29 is 14.4 Å². The molecule has 0 saturated carbocycles. The van der Waals surface area contributed by atoms with Crippen LogP contribution in [-0.2, 0) is 14.4 Å². The highest BCUT2D eigenvalue weighted by Gasteiger charge is 2.34. The molecule has 1 unspecified atom stereocenters. The van der Waals surface area contributed by atoms with E-state index in [4.69, 9.17) is 0 Å². The summed E-state index contributed by atoms with van der Waals surface area (Å²) in [6, 6.07) is -0.369. The molecule has 0 aromatic heterocycles. The fraction of sp³-hybridized carbons (Fsp3) is 0.750. The lowest BCUT2D eigenvalue weighted by Gasteiger charge is -2.27. The minimum atomic E-state index is -0.369. The van der Waals surface area contributed by atoms with Gasteiger partial charge in [-0.1, -0.05) is 6.92 Å². The number of Topliss-reactive ketones (excluding diaryl/α,β-unsaturated/α-hetero) is 1. The zero-order valence-corrected chi connectivity index (χ0v) is 10.7. The smallest absolute Gasteiger partial charge is 0.245 e. The molecule has 1 aliphatic heterocycles. The minimum absolute atomic E-state index is 0.0112. The van der Waals surface area contributed by atoms with Gasteiger partial charge in [0.2, 0.25) is 11.8 Å². The molecule has 1 heterocycles. The third kappa shape index (κ3) is 3.28. The second kappa shape index (κ2) is 5.80. The fourth-order valence-electron chi connectivity index (χ4n) is 2.19. The minimum Gasteiger partial charge on any atom is -0.337 e. The maximum atomic E-state index is 12.1. The van der Waals surface area contributed by atoms with E-state index in [-0.39, 0.29) is 30.2 Å². The Hall–Kier alpha value is -1.39. The van der Waals surface area contributed by atoms with E-state index < -0.39 is 0 Å². The van der Waals surface area contributed by atoms with Crippen molar-refractivity contribution in [1.82, 2.24) is 9.80 Å². The maximum Gasteiger partial charge on any atom is 0.245 e. The quantitative estimate of drug-likeness (QED) is 0.716. The molecule has 5 nitrogen and oxygen atoms in total. The molecule has 5 heteroatoms. The standard InChI is InChI=1S/C12H20N2O3/c1-4-11(16)14-7-5-6-10(14)12(17)13(3)8-9(2)15/h10H,4-8H2,1-3H3. The van der Waals surface area contributed by atoms with Gasteiger partial charge in [0.15, 0.2) is 0 Å². The van der Waals surface area contributed by atoms with E-state index in [0.717, 1.165) is 6.42 Å². The average Bonchev–Trinajstić information content (AvgIpc) is 2.74. The van der Waals surface area contributed by atoms with Gasteiger partial charge in [0.05, 0.1) is 6.54 Å². The third-order valence-corrected chi connectivity index (χ3v) is 3.00. The number of ketones is 1. The molecule has 0 N–H and O–H groups in total. The van der Waals surface area contributed by atoms with Crippen molar-refractivity contribution in [2.24, 2.45) is 0 Å². The second-order valence-corrected chi connectivity index (χ2v) is 4.50. The highest BCUT2D eigenvalue weighted by molar-refractivity contribution is 5.90. The van der Waals surface area contributed by atoms with Crippen molar-refractivity contribution in [1.29, 1.82) is 0 Å². The molecule has 1 aliphatic rings. The van der Waals surface area contributed by atoms with E-state index in [1.807, 2.05) is 0 Å². The highest BCUT2D eigenvalue weighted by Crippen LogP contribution is 2.19. The summed E-state index contributed by atoms with van der Waals surface area (Å²) in [7, 11) is 1.61. The van der Waals surface area contributed by atoms with Crippen LogP contribution in [0.25, 0.3) is 0 Å². The van der Waals surface area contributed by atoms with E-state index in [9.17, 15) is 14.4 Å². The molecular formula is C12H20N2O3. The highest BCUT2D eigenvalue weighted by atomic mass is 16.2. The maximum absolute atomic E-state index is 12.1. The van der Waals surface area contributed by atoms with Crippen molar-refractivity contribution in [3.8, 4) is 0 Å². The Bertz CT molecular complexity index is 328. The van der Waals surface area contributed by atoms with Gasteiger partial charge < -0.3 is 9.80 Å². The number of likely N-dealkylation sites (N-methyl/N-ethyl adjacent to an activating group) is 1. The average molecular weight is 240 g/mol. The largest absolute Gasteiger partial charge is 0.337 e. The predicted molar refractivity (Wildman–Crippen MR) is 63.3 cm³/mol. The number of carbonyl (C=O) groups excluding carboxylic acids is 3. The van der Waals surface area contributed by atoms with Gasteiger partial charge in [0.25, 0.3) is 0 Å². The first-order valence-electron chi connectivity index (χ1n) is 6.01. The number of carbonyl (C=O) groups is 3. The zero-order chi connectivity index (χ0) is 13.0. The lowest BCUT2D eigenvalue weighted by Crippen LogP contribution is -2.47. The number of amides is 2. The van der Waals surface area contributed by atoms with E-state index in [2.05, 4.69) is 0 Å². The summed E-state index contributed by atoms with van der Waals surface area (Å²) >= 11 is 0. The van der Waals surface area contributed by atoms with Crippen LogP contribution in [0.4, 0.5) is 0 Å². The van der Waals surface area contributed by atoms with Crippen LogP contribution in [0.15, 0.2) is 0 Å². The van der Waals surface area contributed by atoms with Crippen LogP contribution in [-0.4, -0.2) is 53.6 Å². The summed E-state index contributed by atoms with van der Waals surface area (Å²) in [5, 5.41) is 0. The van der Waals surface area contributed by atoms with Crippen LogP contribution in [0.3, 0.4) is 0 Å². The number of rotatable bonds is 4. The SMILES string of the molecule is CCC(=O)N1CCCC1C(=O)N(C)CC(C)=O. The normalized spacial score (nSPS) is 19.2. The first-order valence-corrected chi connectivity index (χ1v) is 6.01. The number of likely N-dealkylation sites (tertiary alicyclic amines) is 1. The third-order valence-electron chi connectivity index (χ3n) is 3.00. The molecule has 1 rings (SSSR count). The summed E-state index contributed by atoms with van der Waals surface area (Å²) in [5.41, 5.74) is 0. The van der Waals surface area contributed by atoms with Gasteiger partial charge in [0.1, 0.15) is 11.8 Å². The van der Waals surface area contributed by atoms with Gasteiger partial charge in [-0.3, -0.25) is 14.4 Å². The Kier molecular flexibility index (Phi) is 4.66. The molecule has 0 spiro atoms. The van der Waals surface area contributed by atoms with Crippen LogP contribution in [0.1, 0.15) is 33.1 Å². The van der Waals surface area contributed by atoms with Gasteiger partial charge in [-0.05, 0) is 19.8 Å². The summed E-state index contributed by atoms with van der Waals surface area (Å²) in [4.78, 5) is 37.8. The van der Waals surface area contributed by atoms with Crippen LogP contribution in [0, 0.1) is 0 Å². The molecule has 1 saturated heterocycles. The molecule has 2 amide bonds. The lowest BCUT2D eigenvalue weighted by molar-refractivity contribution is -0.143. The lowest BCUT2D eigenvalue weighted by atomic mass is 10.2. The van der Waals surface area contributed by atoms with Crippen molar-refractivity contribution in [3.63, 3.8) is 0 Å². The van der Waals surface area contributed by atoms with Gasteiger partial charge in [-0.25, -0.2) is 0 Å². The van der Waals surface area contributed by atoms with Gasteiger partial charge >= 0.3 is 0 Å². The topological polar surface area (TPSA) is 57.7 Å². The van der Waals surface area contributed by atoms with Crippen LogP contribution in [0.5, 0.6) is 0 Å². The Morgan fingerprint density at radius 2 is 2.00 bits per heavy atom. The predicted octanol–water partition coefficient (Wildman–Crippen LogP) is 0.435. The monoisotopic (exact) mass is 240 g/mol. The van der Waals surface area contributed by atoms with Crippen molar-refractivity contribution in [3.05, 3.63) is 0 Å². The molecule has 0 aliphatic carbocycles. The molecule has 96 valence electrons. The first-order chi connectivity index (χ1) is 7.97. The van der Waals surface area contributed by atoms with Crippen molar-refractivity contribution in [2.45, 2.75) is 39.2 Å². The van der Waals surface area contributed by atoms with E-state index in [1.165, 1.54) is 11.8 Å². The van der Waals surface area contributed by atoms with E-state index >= 15 is 0 Å². The summed E-state index contributed by atoms with van der Waals surface area (Å²) in [5.74, 6) is -0.163. The van der Waals surface area contributed by atoms with Gasteiger partial charge in [0, 0.05) is 20.0 Å². The van der Waals surface area contributed by atoms with Crippen molar-refractivity contribution in [2.75, 3.05) is 20.1 Å². The van der Waals surface area contributed by atoms with Crippen LogP contribution < -0.4 is 0 Å². The Morgan fingerprint density at radius 1 is 1.35 bits per heavy atom. The van der Waals surface area contributed by atoms with Crippen LogP contribution >= 0.6 is 0 Å². The fourth-order valence-corrected chi connectivity index (χ4v) is 2.19. The second-order valence-electron chi connectivity index (χ2n) is 4.50. The zero-order valence-electron chi connectivity index (χ0n) is 10.7. The Labute approximate surface area is 102 Å². The summed E-state index contributed by atoms with van der Waals surface area (Å²) in [6.45, 7) is 4.01. The molecule has 0 aromatic carbocycles. The molecular weight excluding hydrogens is 220 g/mol. The first kappa shape index (κ1) is 13.7. The number of hydrogen-bond acceptors (Lipinski definition) is 3. The van der Waals surface area contributed by atoms with E-state index in [0.29, 0.717) is 19.4 Å². The van der Waals surface area contributed by atoms with E-state index in [1.54, 1.807) is 18.9 Å². The van der Waals surface area contributed by atoms with Crippen LogP contribution in [0.2, 0.25) is 0 Å². The number of nitrogens with zero attached hydrogens (tertiary/aromatic N) is 2. The molecule has 1 atom stereocenters. The molecule has 17 heavy (non-hydrogen) atoms. The summed E-state index contributed by atoms with van der Waals surface area (Å²) in [6.07, 6.45) is 1.98. The molecule has 0 radical (unpaired) electrons.